The number of nitrogens with zero attached hydrogens (tertiary/aromatic N) is 2. The summed E-state index contributed by atoms with van der Waals surface area (Å²) in [6, 6.07) is -0.00208. The van der Waals surface area contributed by atoms with Crippen molar-refractivity contribution in [1.29, 1.82) is 0 Å². The van der Waals surface area contributed by atoms with Crippen molar-refractivity contribution in [2.24, 2.45) is 0 Å². The van der Waals surface area contributed by atoms with Crippen molar-refractivity contribution >= 4 is 5.91 Å². The molecule has 1 amide bonds. The van der Waals surface area contributed by atoms with Crippen molar-refractivity contribution < 1.29 is 14.6 Å². The number of carbonyl (C=O) groups excluding carboxylic acids is 1. The van der Waals surface area contributed by atoms with Gasteiger partial charge in [-0.25, -0.2) is 0 Å². The normalized spacial score (nSPS) is 36.9. The third-order valence-electron chi connectivity index (χ3n) is 4.81. The van der Waals surface area contributed by atoms with Gasteiger partial charge in [-0.3, -0.25) is 9.69 Å². The fraction of sp³-hybridized carbons (Fsp3) is 0.923. The molecule has 3 heterocycles. The van der Waals surface area contributed by atoms with Crippen LogP contribution in [0.4, 0.5) is 0 Å². The molecule has 0 aromatic rings. The van der Waals surface area contributed by atoms with Crippen molar-refractivity contribution in [2.75, 3.05) is 39.5 Å². The van der Waals surface area contributed by atoms with E-state index >= 15 is 0 Å². The molecule has 0 aromatic carbocycles. The van der Waals surface area contributed by atoms with Gasteiger partial charge in [-0.2, -0.15) is 0 Å². The van der Waals surface area contributed by atoms with E-state index in [1.54, 1.807) is 0 Å². The van der Waals surface area contributed by atoms with Crippen LogP contribution in [-0.2, 0) is 9.53 Å². The van der Waals surface area contributed by atoms with Gasteiger partial charge < -0.3 is 14.7 Å². The highest BCUT2D eigenvalue weighted by molar-refractivity contribution is 5.82. The number of aliphatic hydroxyl groups is 1. The first-order chi connectivity index (χ1) is 8.77. The van der Waals surface area contributed by atoms with Crippen molar-refractivity contribution in [3.8, 4) is 0 Å². The van der Waals surface area contributed by atoms with Crippen LogP contribution >= 0.6 is 0 Å². The van der Waals surface area contributed by atoms with Gasteiger partial charge in [0.2, 0.25) is 5.91 Å². The van der Waals surface area contributed by atoms with E-state index < -0.39 is 0 Å². The van der Waals surface area contributed by atoms with Gasteiger partial charge in [-0.1, -0.05) is 0 Å². The molecular formula is C13H22N2O3. The van der Waals surface area contributed by atoms with E-state index in [0.717, 1.165) is 45.3 Å². The first-order valence-corrected chi connectivity index (χ1v) is 7.01. The van der Waals surface area contributed by atoms with Crippen LogP contribution in [0.2, 0.25) is 0 Å². The number of morpholine rings is 1. The highest BCUT2D eigenvalue weighted by atomic mass is 16.5. The predicted molar refractivity (Wildman–Crippen MR) is 66.2 cm³/mol. The second-order valence-electron chi connectivity index (χ2n) is 5.67. The molecule has 0 aromatic heterocycles. The molecule has 1 N–H and O–H groups in total. The van der Waals surface area contributed by atoms with Crippen LogP contribution in [0.3, 0.4) is 0 Å². The minimum atomic E-state index is -0.0907. The third kappa shape index (κ3) is 1.85. The first kappa shape index (κ1) is 12.4. The van der Waals surface area contributed by atoms with Gasteiger partial charge in [0.25, 0.3) is 0 Å². The van der Waals surface area contributed by atoms with E-state index in [2.05, 4.69) is 4.90 Å². The first-order valence-electron chi connectivity index (χ1n) is 7.01. The Hall–Kier alpha value is -0.650. The van der Waals surface area contributed by atoms with Gasteiger partial charge >= 0.3 is 0 Å². The van der Waals surface area contributed by atoms with Gasteiger partial charge in [0.05, 0.1) is 25.9 Å². The number of aliphatic hydroxyl groups excluding tert-OH is 1. The molecule has 0 unspecified atom stereocenters. The molecule has 3 aliphatic heterocycles. The number of fused-ring (bicyclic) bond motifs is 1. The Morgan fingerprint density at radius 1 is 1.28 bits per heavy atom. The molecule has 5 heteroatoms. The lowest BCUT2D eigenvalue weighted by atomic mass is 9.95. The Morgan fingerprint density at radius 2 is 2.06 bits per heavy atom. The molecule has 18 heavy (non-hydrogen) atoms. The molecule has 0 aliphatic carbocycles. The summed E-state index contributed by atoms with van der Waals surface area (Å²) in [5.74, 6) is 0.246. The summed E-state index contributed by atoms with van der Waals surface area (Å²) in [7, 11) is 0. The Balaban J connectivity index is 1.71. The molecule has 0 saturated carbocycles. The number of hydrogen-bond donors (Lipinski definition) is 1. The summed E-state index contributed by atoms with van der Waals surface area (Å²) >= 11 is 0. The zero-order valence-corrected chi connectivity index (χ0v) is 10.8. The monoisotopic (exact) mass is 254 g/mol. The van der Waals surface area contributed by atoms with Crippen molar-refractivity contribution in [3.63, 3.8) is 0 Å². The molecule has 3 aliphatic rings. The largest absolute Gasteiger partial charge is 0.394 e. The van der Waals surface area contributed by atoms with Crippen molar-refractivity contribution in [2.45, 2.75) is 37.3 Å². The maximum absolute atomic E-state index is 12.5. The number of carbonyl (C=O) groups is 1. The highest BCUT2D eigenvalue weighted by Crippen LogP contribution is 2.42. The minimum Gasteiger partial charge on any atom is -0.394 e. The molecule has 3 saturated heterocycles. The van der Waals surface area contributed by atoms with Gasteiger partial charge in [0.1, 0.15) is 0 Å². The Kier molecular flexibility index (Phi) is 3.30. The summed E-state index contributed by atoms with van der Waals surface area (Å²) in [5, 5.41) is 9.65. The Labute approximate surface area is 108 Å². The number of hydrogen-bond acceptors (Lipinski definition) is 4. The van der Waals surface area contributed by atoms with Gasteiger partial charge in [0, 0.05) is 18.6 Å². The SMILES string of the molecule is O=C([C@H]1CC[C@@]2(CO)CCCN12)N1CCOCC1. The number of amides is 1. The molecule has 5 nitrogen and oxygen atoms in total. The average molecular weight is 254 g/mol. The molecule has 2 atom stereocenters. The highest BCUT2D eigenvalue weighted by Gasteiger charge is 2.51. The Morgan fingerprint density at radius 3 is 2.78 bits per heavy atom. The smallest absolute Gasteiger partial charge is 0.240 e. The standard InChI is InChI=1S/C13H22N2O3/c16-10-13-3-1-5-15(13)11(2-4-13)12(17)14-6-8-18-9-7-14/h11,16H,1-10H2/t11-,13-/m1/s1. The summed E-state index contributed by atoms with van der Waals surface area (Å²) in [4.78, 5) is 16.7. The van der Waals surface area contributed by atoms with E-state index in [9.17, 15) is 9.90 Å². The van der Waals surface area contributed by atoms with Gasteiger partial charge in [0.15, 0.2) is 0 Å². The third-order valence-corrected chi connectivity index (χ3v) is 4.81. The second-order valence-corrected chi connectivity index (χ2v) is 5.67. The van der Waals surface area contributed by atoms with Crippen molar-refractivity contribution in [1.82, 2.24) is 9.80 Å². The van der Waals surface area contributed by atoms with Crippen LogP contribution in [0.5, 0.6) is 0 Å². The number of rotatable bonds is 2. The van der Waals surface area contributed by atoms with Gasteiger partial charge in [-0.05, 0) is 32.2 Å². The fourth-order valence-corrected chi connectivity index (χ4v) is 3.78. The molecule has 102 valence electrons. The average Bonchev–Trinajstić information content (AvgIpc) is 2.97. The maximum Gasteiger partial charge on any atom is 0.240 e. The lowest BCUT2D eigenvalue weighted by Gasteiger charge is -2.36. The topological polar surface area (TPSA) is 53.0 Å². The van der Waals surface area contributed by atoms with E-state index in [1.807, 2.05) is 4.90 Å². The van der Waals surface area contributed by atoms with E-state index in [-0.39, 0.29) is 24.1 Å². The van der Waals surface area contributed by atoms with Crippen LogP contribution in [0, 0.1) is 0 Å². The summed E-state index contributed by atoms with van der Waals surface area (Å²) in [5.41, 5.74) is -0.0907. The lowest BCUT2D eigenvalue weighted by molar-refractivity contribution is -0.141. The van der Waals surface area contributed by atoms with E-state index in [4.69, 9.17) is 4.74 Å². The van der Waals surface area contributed by atoms with Crippen LogP contribution < -0.4 is 0 Å². The van der Waals surface area contributed by atoms with E-state index in [0.29, 0.717) is 13.2 Å². The predicted octanol–water partition coefficient (Wildman–Crippen LogP) is -0.165. The number of ether oxygens (including phenoxy) is 1. The summed E-state index contributed by atoms with van der Waals surface area (Å²) in [6.07, 6.45) is 4.00. The molecule has 0 bridgehead atoms. The Bertz CT molecular complexity index is 330. The zero-order chi connectivity index (χ0) is 12.6. The van der Waals surface area contributed by atoms with Crippen LogP contribution in [0.15, 0.2) is 0 Å². The lowest BCUT2D eigenvalue weighted by Crippen LogP contribution is -2.53. The summed E-state index contributed by atoms with van der Waals surface area (Å²) in [6.45, 7) is 3.90. The van der Waals surface area contributed by atoms with Gasteiger partial charge in [-0.15, -0.1) is 0 Å². The molecule has 0 radical (unpaired) electrons. The minimum absolute atomic E-state index is 0.00208. The van der Waals surface area contributed by atoms with Crippen molar-refractivity contribution in [3.05, 3.63) is 0 Å². The van der Waals surface area contributed by atoms with Crippen LogP contribution in [0.25, 0.3) is 0 Å². The molecular weight excluding hydrogens is 232 g/mol. The quantitative estimate of drug-likeness (QED) is 0.743. The molecule has 0 spiro atoms. The second kappa shape index (κ2) is 4.79. The fourth-order valence-electron chi connectivity index (χ4n) is 3.78. The van der Waals surface area contributed by atoms with Crippen LogP contribution in [0.1, 0.15) is 25.7 Å². The zero-order valence-electron chi connectivity index (χ0n) is 10.8. The molecule has 3 rings (SSSR count). The maximum atomic E-state index is 12.5. The molecule has 3 fully saturated rings. The van der Waals surface area contributed by atoms with E-state index in [1.165, 1.54) is 0 Å². The van der Waals surface area contributed by atoms with Crippen LogP contribution in [-0.4, -0.2) is 71.8 Å². The summed E-state index contributed by atoms with van der Waals surface area (Å²) < 4.78 is 5.29.